The lowest BCUT2D eigenvalue weighted by molar-refractivity contribution is -0.119. The predicted octanol–water partition coefficient (Wildman–Crippen LogP) is 0.983. The minimum atomic E-state index is -4.56. The van der Waals surface area contributed by atoms with E-state index in [1.807, 2.05) is 0 Å². The molecule has 0 aromatic heterocycles. The molecule has 1 saturated heterocycles. The van der Waals surface area contributed by atoms with Crippen molar-refractivity contribution in [3.63, 3.8) is 0 Å². The smallest absolute Gasteiger partial charge is 0.341 e. The normalized spacial score (nSPS) is 19.5. The highest BCUT2D eigenvalue weighted by molar-refractivity contribution is 7.91. The number of nitrogens with one attached hydrogen (secondary N) is 2. The van der Waals surface area contributed by atoms with E-state index in [4.69, 9.17) is 0 Å². The number of hydrogen-bond donors (Lipinski definition) is 2. The van der Waals surface area contributed by atoms with Gasteiger partial charge in [0.2, 0.25) is 15.7 Å². The lowest BCUT2D eigenvalue weighted by Crippen LogP contribution is -2.22. The number of benzene rings is 1. The maximum Gasteiger partial charge on any atom is 0.341 e. The maximum absolute atomic E-state index is 12.3. The maximum atomic E-state index is 12.3. The molecule has 0 spiro atoms. The van der Waals surface area contributed by atoms with Crippen LogP contribution in [0.4, 0.5) is 14.5 Å². The molecule has 1 aliphatic heterocycles. The minimum Gasteiger partial charge on any atom is -0.380 e. The van der Waals surface area contributed by atoms with Gasteiger partial charge in [0.1, 0.15) is 0 Å². The van der Waals surface area contributed by atoms with Gasteiger partial charge in [-0.05, 0) is 24.3 Å². The minimum absolute atomic E-state index is 0.0607. The molecular formula is C11H12F2N2O3S. The summed E-state index contributed by atoms with van der Waals surface area (Å²) in [6, 6.07) is 4.96. The molecule has 1 fully saturated rings. The van der Waals surface area contributed by atoms with Gasteiger partial charge in [-0.1, -0.05) is 0 Å². The highest BCUT2D eigenvalue weighted by atomic mass is 32.2. The van der Waals surface area contributed by atoms with Crippen molar-refractivity contribution in [2.24, 2.45) is 0 Å². The summed E-state index contributed by atoms with van der Waals surface area (Å²) in [6.07, 6.45) is 0.330. The summed E-state index contributed by atoms with van der Waals surface area (Å²) in [5.41, 5.74) is 0.578. The van der Waals surface area contributed by atoms with Gasteiger partial charge in [-0.2, -0.15) is 8.78 Å². The molecule has 8 heteroatoms. The monoisotopic (exact) mass is 290 g/mol. The molecule has 0 radical (unpaired) electrons. The molecule has 19 heavy (non-hydrogen) atoms. The number of sulfone groups is 1. The van der Waals surface area contributed by atoms with E-state index < -0.39 is 20.5 Å². The van der Waals surface area contributed by atoms with Crippen LogP contribution in [0.2, 0.25) is 0 Å². The van der Waals surface area contributed by atoms with Gasteiger partial charge in [0.05, 0.1) is 10.9 Å². The molecule has 0 saturated carbocycles. The van der Waals surface area contributed by atoms with E-state index >= 15 is 0 Å². The molecule has 1 atom stereocenters. The fourth-order valence-corrected chi connectivity index (χ4v) is 2.51. The lowest BCUT2D eigenvalue weighted by Gasteiger charge is -2.12. The second-order valence-corrected chi connectivity index (χ2v) is 6.10. The summed E-state index contributed by atoms with van der Waals surface area (Å²) in [4.78, 5) is 10.6. The van der Waals surface area contributed by atoms with E-state index in [-0.39, 0.29) is 11.9 Å². The van der Waals surface area contributed by atoms with Gasteiger partial charge in [-0.25, -0.2) is 8.42 Å². The summed E-state index contributed by atoms with van der Waals surface area (Å²) in [6.45, 7) is 0.482. The number of amides is 1. The quantitative estimate of drug-likeness (QED) is 0.867. The number of rotatable bonds is 4. The Labute approximate surface area is 108 Å². The highest BCUT2D eigenvalue weighted by Crippen LogP contribution is 2.21. The SMILES string of the molecule is O=C1CC(Nc2ccc(S(=O)(=O)C(F)F)cc2)CN1. The fraction of sp³-hybridized carbons (Fsp3) is 0.364. The molecule has 1 aliphatic rings. The molecule has 1 heterocycles. The summed E-state index contributed by atoms with van der Waals surface area (Å²) in [5.74, 6) is -3.49. The van der Waals surface area contributed by atoms with Crippen molar-refractivity contribution in [1.29, 1.82) is 0 Å². The summed E-state index contributed by atoms with van der Waals surface area (Å²) in [7, 11) is -4.56. The first-order chi connectivity index (χ1) is 8.89. The number of carbonyl (C=O) groups excluding carboxylic acids is 1. The standard InChI is InChI=1S/C11H12F2N2O3S/c12-11(13)19(17,18)9-3-1-7(2-4-9)15-8-5-10(16)14-6-8/h1-4,8,11,15H,5-6H2,(H,14,16). The van der Waals surface area contributed by atoms with Crippen LogP contribution in [-0.4, -0.2) is 32.7 Å². The highest BCUT2D eigenvalue weighted by Gasteiger charge is 2.26. The number of alkyl halides is 2. The molecule has 0 aliphatic carbocycles. The summed E-state index contributed by atoms with van der Waals surface area (Å²) < 4.78 is 47.1. The molecule has 2 rings (SSSR count). The van der Waals surface area contributed by atoms with Gasteiger partial charge >= 0.3 is 5.76 Å². The molecule has 1 aromatic carbocycles. The van der Waals surface area contributed by atoms with Crippen LogP contribution in [0.1, 0.15) is 6.42 Å². The molecule has 5 nitrogen and oxygen atoms in total. The first-order valence-corrected chi connectivity index (χ1v) is 7.09. The molecule has 1 unspecified atom stereocenters. The Kier molecular flexibility index (Phi) is 3.70. The van der Waals surface area contributed by atoms with Gasteiger partial charge in [0, 0.05) is 18.7 Å². The van der Waals surface area contributed by atoms with Crippen molar-refractivity contribution in [1.82, 2.24) is 5.32 Å². The lowest BCUT2D eigenvalue weighted by atomic mass is 10.2. The molecule has 104 valence electrons. The molecule has 0 bridgehead atoms. The number of carbonyl (C=O) groups is 1. The molecule has 2 N–H and O–H groups in total. The second-order valence-electron chi connectivity index (χ2n) is 4.18. The van der Waals surface area contributed by atoms with Crippen molar-refractivity contribution in [3.8, 4) is 0 Å². The Bertz CT molecular complexity index is 572. The van der Waals surface area contributed by atoms with Gasteiger partial charge in [0.25, 0.3) is 0 Å². The number of hydrogen-bond acceptors (Lipinski definition) is 4. The van der Waals surface area contributed by atoms with Crippen LogP contribution in [0, 0.1) is 0 Å². The van der Waals surface area contributed by atoms with Gasteiger partial charge in [-0.3, -0.25) is 4.79 Å². The first kappa shape index (κ1) is 13.7. The zero-order valence-electron chi connectivity index (χ0n) is 9.77. The predicted molar refractivity (Wildman–Crippen MR) is 64.7 cm³/mol. The Hall–Kier alpha value is -1.70. The van der Waals surface area contributed by atoms with E-state index in [1.165, 1.54) is 12.1 Å². The van der Waals surface area contributed by atoms with E-state index in [0.29, 0.717) is 18.7 Å². The zero-order chi connectivity index (χ0) is 14.0. The average molecular weight is 290 g/mol. The topological polar surface area (TPSA) is 75.3 Å². The first-order valence-electron chi connectivity index (χ1n) is 5.55. The zero-order valence-corrected chi connectivity index (χ0v) is 10.6. The van der Waals surface area contributed by atoms with Gasteiger partial charge < -0.3 is 10.6 Å². The van der Waals surface area contributed by atoms with Gasteiger partial charge in [0.15, 0.2) is 0 Å². The average Bonchev–Trinajstić information content (AvgIpc) is 2.75. The second kappa shape index (κ2) is 5.12. The van der Waals surface area contributed by atoms with Crippen molar-refractivity contribution < 1.29 is 22.0 Å². The molecule has 1 amide bonds. The van der Waals surface area contributed by atoms with Crippen LogP contribution < -0.4 is 10.6 Å². The number of anilines is 1. The van der Waals surface area contributed by atoms with Gasteiger partial charge in [-0.15, -0.1) is 0 Å². The van der Waals surface area contributed by atoms with Crippen molar-refractivity contribution in [2.45, 2.75) is 23.1 Å². The van der Waals surface area contributed by atoms with E-state index in [0.717, 1.165) is 12.1 Å². The van der Waals surface area contributed by atoms with E-state index in [9.17, 15) is 22.0 Å². The molecular weight excluding hydrogens is 278 g/mol. The van der Waals surface area contributed by atoms with Crippen LogP contribution in [0.15, 0.2) is 29.2 Å². The van der Waals surface area contributed by atoms with Crippen LogP contribution in [-0.2, 0) is 14.6 Å². The van der Waals surface area contributed by atoms with Crippen molar-refractivity contribution in [3.05, 3.63) is 24.3 Å². The Morgan fingerprint density at radius 3 is 2.37 bits per heavy atom. The third-order valence-corrected chi connectivity index (χ3v) is 4.16. The van der Waals surface area contributed by atoms with Crippen LogP contribution in [0.3, 0.4) is 0 Å². The van der Waals surface area contributed by atoms with E-state index in [2.05, 4.69) is 10.6 Å². The third kappa shape index (κ3) is 3.01. The Balaban J connectivity index is 2.09. The van der Waals surface area contributed by atoms with E-state index in [1.54, 1.807) is 0 Å². The Morgan fingerprint density at radius 1 is 1.26 bits per heavy atom. The van der Waals surface area contributed by atoms with Crippen LogP contribution in [0.25, 0.3) is 0 Å². The number of halogens is 2. The summed E-state index contributed by atoms with van der Waals surface area (Å²) in [5, 5.41) is 5.66. The van der Waals surface area contributed by atoms with Crippen LogP contribution in [0.5, 0.6) is 0 Å². The largest absolute Gasteiger partial charge is 0.380 e. The van der Waals surface area contributed by atoms with Crippen LogP contribution >= 0.6 is 0 Å². The van der Waals surface area contributed by atoms with Crippen molar-refractivity contribution in [2.75, 3.05) is 11.9 Å². The molecule has 1 aromatic rings. The Morgan fingerprint density at radius 2 is 1.89 bits per heavy atom. The summed E-state index contributed by atoms with van der Waals surface area (Å²) >= 11 is 0. The fourth-order valence-electron chi connectivity index (χ4n) is 1.79. The van der Waals surface area contributed by atoms with Crippen molar-refractivity contribution >= 4 is 21.4 Å². The third-order valence-electron chi connectivity index (χ3n) is 2.77.